The Morgan fingerprint density at radius 2 is 2.05 bits per heavy atom. The Morgan fingerprint density at radius 3 is 2.80 bits per heavy atom. The van der Waals surface area contributed by atoms with E-state index < -0.39 is 0 Å². The van der Waals surface area contributed by atoms with Gasteiger partial charge in [-0.3, -0.25) is 9.36 Å². The van der Waals surface area contributed by atoms with Gasteiger partial charge < -0.3 is 4.98 Å². The number of thioether (sulfide) groups is 1. The van der Waals surface area contributed by atoms with Crippen molar-refractivity contribution in [3.63, 3.8) is 0 Å². The molecule has 3 rings (SSSR count). The maximum atomic E-state index is 11.9. The molecule has 2 heterocycles. The highest BCUT2D eigenvalue weighted by Crippen LogP contribution is 2.20. The second-order valence-corrected chi connectivity index (χ2v) is 5.06. The molecule has 1 aromatic carbocycles. The van der Waals surface area contributed by atoms with Gasteiger partial charge in [-0.05, 0) is 24.3 Å². The quantitative estimate of drug-likeness (QED) is 0.578. The maximum Gasteiger partial charge on any atom is 0.196 e. The number of aromatic amines is 1. The highest BCUT2D eigenvalue weighted by molar-refractivity contribution is 7.99. The van der Waals surface area contributed by atoms with E-state index in [1.54, 1.807) is 18.6 Å². The first-order valence-corrected chi connectivity index (χ1v) is 7.08. The number of carbonyl (C=O) groups excluding carboxylic acids is 1. The van der Waals surface area contributed by atoms with Crippen LogP contribution >= 0.6 is 11.8 Å². The third-order valence-electron chi connectivity index (χ3n) is 2.78. The third kappa shape index (κ3) is 2.65. The number of hydrogen-bond acceptors (Lipinski definition) is 4. The number of nitrogens with zero attached hydrogens (tertiary/aromatic N) is 3. The summed E-state index contributed by atoms with van der Waals surface area (Å²) < 4.78 is 1.87. The molecule has 0 amide bonds. The Bertz CT molecular complexity index is 691. The van der Waals surface area contributed by atoms with Crippen LogP contribution < -0.4 is 0 Å². The summed E-state index contributed by atoms with van der Waals surface area (Å²) in [5, 5.41) is 8.68. The Kier molecular flexibility index (Phi) is 3.64. The molecule has 0 saturated heterocycles. The van der Waals surface area contributed by atoms with Crippen LogP contribution in [0.3, 0.4) is 0 Å². The fourth-order valence-corrected chi connectivity index (χ4v) is 2.61. The predicted molar refractivity (Wildman–Crippen MR) is 77.2 cm³/mol. The molecule has 20 heavy (non-hydrogen) atoms. The second-order valence-electron chi connectivity index (χ2n) is 4.11. The van der Waals surface area contributed by atoms with Gasteiger partial charge in [0.2, 0.25) is 0 Å². The number of Topliss-reactive ketones (excluding diaryl/α,β-unsaturated/α-hetero) is 1. The van der Waals surface area contributed by atoms with Gasteiger partial charge in [-0.1, -0.05) is 30.0 Å². The normalized spacial score (nSPS) is 10.6. The summed E-state index contributed by atoms with van der Waals surface area (Å²) in [4.78, 5) is 14.8. The van der Waals surface area contributed by atoms with Crippen LogP contribution in [0.1, 0.15) is 10.5 Å². The van der Waals surface area contributed by atoms with E-state index in [1.807, 2.05) is 41.0 Å². The molecule has 0 saturated carbocycles. The SMILES string of the molecule is O=C(CSc1nncn1-c1ccccc1)c1ccc[nH]1. The third-order valence-corrected chi connectivity index (χ3v) is 3.72. The minimum atomic E-state index is 0.0441. The lowest BCUT2D eigenvalue weighted by molar-refractivity contribution is 0.101. The maximum absolute atomic E-state index is 11.9. The van der Waals surface area contributed by atoms with Crippen molar-refractivity contribution in [3.8, 4) is 5.69 Å². The van der Waals surface area contributed by atoms with E-state index >= 15 is 0 Å². The monoisotopic (exact) mass is 284 g/mol. The fourth-order valence-electron chi connectivity index (χ4n) is 1.80. The van der Waals surface area contributed by atoms with Crippen LogP contribution in [-0.4, -0.2) is 31.3 Å². The van der Waals surface area contributed by atoms with Gasteiger partial charge in [0.05, 0.1) is 11.4 Å². The number of nitrogens with one attached hydrogen (secondary N) is 1. The van der Waals surface area contributed by atoms with Gasteiger partial charge in [-0.15, -0.1) is 10.2 Å². The zero-order chi connectivity index (χ0) is 13.8. The largest absolute Gasteiger partial charge is 0.359 e. The molecule has 0 unspecified atom stereocenters. The lowest BCUT2D eigenvalue weighted by Crippen LogP contribution is -2.04. The first-order valence-electron chi connectivity index (χ1n) is 6.09. The topological polar surface area (TPSA) is 63.6 Å². The van der Waals surface area contributed by atoms with Gasteiger partial charge in [0.1, 0.15) is 6.33 Å². The molecule has 100 valence electrons. The average molecular weight is 284 g/mol. The van der Waals surface area contributed by atoms with Gasteiger partial charge in [0.25, 0.3) is 0 Å². The zero-order valence-electron chi connectivity index (χ0n) is 10.6. The molecule has 0 aliphatic carbocycles. The molecule has 5 nitrogen and oxygen atoms in total. The van der Waals surface area contributed by atoms with Crippen LogP contribution in [0.2, 0.25) is 0 Å². The average Bonchev–Trinajstić information content (AvgIpc) is 3.17. The molecule has 6 heteroatoms. The van der Waals surface area contributed by atoms with E-state index in [4.69, 9.17) is 0 Å². The van der Waals surface area contributed by atoms with Gasteiger partial charge in [0.15, 0.2) is 10.9 Å². The molecule has 0 atom stereocenters. The second kappa shape index (κ2) is 5.75. The number of hydrogen-bond donors (Lipinski definition) is 1. The van der Waals surface area contributed by atoms with Gasteiger partial charge in [-0.2, -0.15) is 0 Å². The Labute approximate surface area is 120 Å². The van der Waals surface area contributed by atoms with Crippen molar-refractivity contribution < 1.29 is 4.79 Å². The molecule has 2 aromatic heterocycles. The van der Waals surface area contributed by atoms with Crippen LogP contribution in [-0.2, 0) is 0 Å². The van der Waals surface area contributed by atoms with E-state index in [1.165, 1.54) is 11.8 Å². The number of ketones is 1. The van der Waals surface area contributed by atoms with Gasteiger partial charge in [-0.25, -0.2) is 0 Å². The van der Waals surface area contributed by atoms with E-state index in [2.05, 4.69) is 15.2 Å². The molecule has 1 N–H and O–H groups in total. The molecule has 0 aliphatic heterocycles. The summed E-state index contributed by atoms with van der Waals surface area (Å²) >= 11 is 1.37. The van der Waals surface area contributed by atoms with Crippen LogP contribution in [0.5, 0.6) is 0 Å². The van der Waals surface area contributed by atoms with Crippen molar-refractivity contribution in [1.29, 1.82) is 0 Å². The number of rotatable bonds is 5. The molecular formula is C14H12N4OS. The molecule has 0 bridgehead atoms. The van der Waals surface area contributed by atoms with Crippen LogP contribution in [0.25, 0.3) is 5.69 Å². The summed E-state index contributed by atoms with van der Waals surface area (Å²) in [7, 11) is 0. The Morgan fingerprint density at radius 1 is 1.20 bits per heavy atom. The molecule has 0 aliphatic rings. The summed E-state index contributed by atoms with van der Waals surface area (Å²) in [5.74, 6) is 0.370. The Hall–Kier alpha value is -2.34. The van der Waals surface area contributed by atoms with Crippen molar-refractivity contribution in [3.05, 3.63) is 60.7 Å². The molecule has 0 fully saturated rings. The fraction of sp³-hybridized carbons (Fsp3) is 0.0714. The van der Waals surface area contributed by atoms with Gasteiger partial charge >= 0.3 is 0 Å². The number of aromatic nitrogens is 4. The summed E-state index contributed by atoms with van der Waals surface area (Å²) in [6, 6.07) is 13.4. The van der Waals surface area contributed by atoms with Crippen LogP contribution in [0, 0.1) is 0 Å². The van der Waals surface area contributed by atoms with E-state index in [0.717, 1.165) is 5.69 Å². The minimum Gasteiger partial charge on any atom is -0.359 e. The highest BCUT2D eigenvalue weighted by Gasteiger charge is 2.11. The van der Waals surface area contributed by atoms with Gasteiger partial charge in [0, 0.05) is 11.9 Å². The first kappa shape index (κ1) is 12.7. The zero-order valence-corrected chi connectivity index (χ0v) is 11.4. The van der Waals surface area contributed by atoms with Crippen molar-refractivity contribution in [2.75, 3.05) is 5.75 Å². The van der Waals surface area contributed by atoms with Crippen molar-refractivity contribution in [2.45, 2.75) is 5.16 Å². The lowest BCUT2D eigenvalue weighted by Gasteiger charge is -2.05. The molecule has 0 radical (unpaired) electrons. The highest BCUT2D eigenvalue weighted by atomic mass is 32.2. The summed E-state index contributed by atoms with van der Waals surface area (Å²) in [6.07, 6.45) is 3.39. The number of para-hydroxylation sites is 1. The summed E-state index contributed by atoms with van der Waals surface area (Å²) in [5.41, 5.74) is 1.59. The van der Waals surface area contributed by atoms with Crippen molar-refractivity contribution >= 4 is 17.5 Å². The summed E-state index contributed by atoms with van der Waals surface area (Å²) in [6.45, 7) is 0. The number of carbonyl (C=O) groups is 1. The van der Waals surface area contributed by atoms with E-state index in [-0.39, 0.29) is 5.78 Å². The number of benzene rings is 1. The standard InChI is InChI=1S/C14H12N4OS/c19-13(12-7-4-8-15-12)9-20-14-17-16-10-18(14)11-5-2-1-3-6-11/h1-8,10,15H,9H2. The smallest absolute Gasteiger partial charge is 0.196 e. The molecular weight excluding hydrogens is 272 g/mol. The van der Waals surface area contributed by atoms with E-state index in [9.17, 15) is 4.79 Å². The van der Waals surface area contributed by atoms with Crippen LogP contribution in [0.4, 0.5) is 0 Å². The molecule has 0 spiro atoms. The first-order chi connectivity index (χ1) is 9.84. The van der Waals surface area contributed by atoms with Crippen molar-refractivity contribution in [1.82, 2.24) is 19.7 Å². The van der Waals surface area contributed by atoms with Crippen LogP contribution in [0.15, 0.2) is 60.1 Å². The lowest BCUT2D eigenvalue weighted by atomic mass is 10.3. The van der Waals surface area contributed by atoms with E-state index in [0.29, 0.717) is 16.6 Å². The van der Waals surface area contributed by atoms with Crippen molar-refractivity contribution in [2.24, 2.45) is 0 Å². The molecule has 3 aromatic rings. The minimum absolute atomic E-state index is 0.0441. The number of H-pyrrole nitrogens is 1. The predicted octanol–water partition coefficient (Wildman–Crippen LogP) is 2.57. The Balaban J connectivity index is 1.73.